The molecule has 6 nitrogen and oxygen atoms in total. The molecule has 0 saturated heterocycles. The SMILES string of the molecule is C=CCOc1ccc(/C=C/C(=O)Nc2sc(C)c(C)c2C(=O)OC)cc1OC. The Balaban J connectivity index is 2.15. The number of anilines is 1. The molecule has 0 radical (unpaired) electrons. The quantitative estimate of drug-likeness (QED) is 0.404. The molecule has 0 aliphatic heterocycles. The van der Waals surface area contributed by atoms with Crippen LogP contribution in [0.5, 0.6) is 11.5 Å². The molecule has 1 amide bonds. The number of aryl methyl sites for hydroxylation is 1. The van der Waals surface area contributed by atoms with E-state index in [1.54, 1.807) is 31.4 Å². The van der Waals surface area contributed by atoms with Gasteiger partial charge < -0.3 is 19.5 Å². The van der Waals surface area contributed by atoms with Crippen molar-refractivity contribution in [3.63, 3.8) is 0 Å². The molecule has 0 fully saturated rings. The smallest absolute Gasteiger partial charge is 0.341 e. The Morgan fingerprint density at radius 3 is 2.61 bits per heavy atom. The summed E-state index contributed by atoms with van der Waals surface area (Å²) < 4.78 is 15.6. The number of rotatable bonds is 8. The van der Waals surface area contributed by atoms with Crippen LogP contribution in [-0.2, 0) is 9.53 Å². The number of carbonyl (C=O) groups is 2. The average molecular weight is 401 g/mol. The van der Waals surface area contributed by atoms with Gasteiger partial charge in [-0.2, -0.15) is 0 Å². The number of nitrogens with one attached hydrogen (secondary N) is 1. The number of ether oxygens (including phenoxy) is 3. The molecule has 148 valence electrons. The molecule has 1 N–H and O–H groups in total. The molecular weight excluding hydrogens is 378 g/mol. The first kappa shape index (κ1) is 21.2. The molecule has 0 atom stereocenters. The van der Waals surface area contributed by atoms with Crippen LogP contribution >= 0.6 is 11.3 Å². The highest BCUT2D eigenvalue weighted by molar-refractivity contribution is 7.16. The van der Waals surface area contributed by atoms with Gasteiger partial charge in [0.15, 0.2) is 11.5 Å². The maximum Gasteiger partial charge on any atom is 0.341 e. The molecule has 0 aliphatic rings. The predicted octanol–water partition coefficient (Wildman–Crippen LogP) is 4.38. The van der Waals surface area contributed by atoms with Crippen LogP contribution in [-0.4, -0.2) is 32.7 Å². The van der Waals surface area contributed by atoms with Gasteiger partial charge in [-0.05, 0) is 43.2 Å². The molecule has 1 heterocycles. The molecule has 0 spiro atoms. The molecule has 1 aromatic heterocycles. The molecular formula is C21H23NO5S. The number of thiophene rings is 1. The lowest BCUT2D eigenvalue weighted by atomic mass is 10.1. The Hall–Kier alpha value is -3.06. The second-order valence-electron chi connectivity index (χ2n) is 5.81. The van der Waals surface area contributed by atoms with Crippen molar-refractivity contribution in [2.24, 2.45) is 0 Å². The summed E-state index contributed by atoms with van der Waals surface area (Å²) in [6.45, 7) is 7.70. The van der Waals surface area contributed by atoms with Crippen LogP contribution in [0.25, 0.3) is 6.08 Å². The van der Waals surface area contributed by atoms with Gasteiger partial charge >= 0.3 is 5.97 Å². The number of benzene rings is 1. The first-order chi connectivity index (χ1) is 13.4. The highest BCUT2D eigenvalue weighted by Crippen LogP contribution is 2.33. The number of amides is 1. The van der Waals surface area contributed by atoms with Crippen LogP contribution in [0.4, 0.5) is 5.00 Å². The summed E-state index contributed by atoms with van der Waals surface area (Å²) >= 11 is 1.34. The van der Waals surface area contributed by atoms with Gasteiger partial charge in [-0.15, -0.1) is 11.3 Å². The maximum atomic E-state index is 12.3. The zero-order valence-corrected chi connectivity index (χ0v) is 17.1. The summed E-state index contributed by atoms with van der Waals surface area (Å²) in [5, 5.41) is 3.22. The van der Waals surface area contributed by atoms with Crippen molar-refractivity contribution >= 4 is 34.3 Å². The fourth-order valence-corrected chi connectivity index (χ4v) is 3.50. The summed E-state index contributed by atoms with van der Waals surface area (Å²) in [5.74, 6) is 0.330. The van der Waals surface area contributed by atoms with Gasteiger partial charge in [-0.25, -0.2) is 4.79 Å². The maximum absolute atomic E-state index is 12.3. The fraction of sp³-hybridized carbons (Fsp3) is 0.238. The van der Waals surface area contributed by atoms with E-state index in [1.807, 2.05) is 19.9 Å². The van der Waals surface area contributed by atoms with E-state index in [9.17, 15) is 9.59 Å². The second kappa shape index (κ2) is 9.75. The molecule has 0 bridgehead atoms. The number of carbonyl (C=O) groups excluding carboxylic acids is 2. The van der Waals surface area contributed by atoms with Crippen LogP contribution < -0.4 is 14.8 Å². The Morgan fingerprint density at radius 2 is 1.96 bits per heavy atom. The molecule has 0 aliphatic carbocycles. The first-order valence-corrected chi connectivity index (χ1v) is 9.32. The number of hydrogen-bond donors (Lipinski definition) is 1. The number of esters is 1. The van der Waals surface area contributed by atoms with Crippen molar-refractivity contribution < 1.29 is 23.8 Å². The Labute approximate surface area is 168 Å². The summed E-state index contributed by atoms with van der Waals surface area (Å²) in [4.78, 5) is 25.3. The van der Waals surface area contributed by atoms with Crippen LogP contribution in [0.3, 0.4) is 0 Å². The van der Waals surface area contributed by atoms with Crippen LogP contribution in [0, 0.1) is 13.8 Å². The molecule has 2 aromatic rings. The lowest BCUT2D eigenvalue weighted by Gasteiger charge is -2.09. The minimum atomic E-state index is -0.471. The van der Waals surface area contributed by atoms with E-state index in [4.69, 9.17) is 14.2 Å². The highest BCUT2D eigenvalue weighted by atomic mass is 32.1. The zero-order valence-electron chi connectivity index (χ0n) is 16.3. The lowest BCUT2D eigenvalue weighted by molar-refractivity contribution is -0.111. The largest absolute Gasteiger partial charge is 0.493 e. The Bertz CT molecular complexity index is 914. The van der Waals surface area contributed by atoms with Gasteiger partial charge in [0, 0.05) is 11.0 Å². The summed E-state index contributed by atoms with van der Waals surface area (Å²) in [6, 6.07) is 5.34. The van der Waals surface area contributed by atoms with Crippen molar-refractivity contribution in [3.8, 4) is 11.5 Å². The minimum absolute atomic E-state index is 0.350. The van der Waals surface area contributed by atoms with E-state index >= 15 is 0 Å². The van der Waals surface area contributed by atoms with Crippen molar-refractivity contribution in [1.82, 2.24) is 0 Å². The summed E-state index contributed by atoms with van der Waals surface area (Å²) in [5.41, 5.74) is 1.96. The summed E-state index contributed by atoms with van der Waals surface area (Å²) in [6.07, 6.45) is 4.69. The molecule has 0 saturated carbocycles. The summed E-state index contributed by atoms with van der Waals surface area (Å²) in [7, 11) is 2.86. The standard InChI is InChI=1S/C21H23NO5S/c1-6-11-27-16-9-7-15(12-17(16)25-4)8-10-18(23)22-20-19(21(24)26-5)13(2)14(3)28-20/h6-10,12H,1,11H2,2-5H3,(H,22,23)/b10-8+. The Morgan fingerprint density at radius 1 is 1.21 bits per heavy atom. The third-order valence-electron chi connectivity index (χ3n) is 3.98. The fourth-order valence-electron chi connectivity index (χ4n) is 2.44. The lowest BCUT2D eigenvalue weighted by Crippen LogP contribution is -2.11. The number of hydrogen-bond acceptors (Lipinski definition) is 6. The molecule has 0 unspecified atom stereocenters. The van der Waals surface area contributed by atoms with Gasteiger partial charge in [-0.3, -0.25) is 4.79 Å². The van der Waals surface area contributed by atoms with E-state index in [-0.39, 0.29) is 5.91 Å². The highest BCUT2D eigenvalue weighted by Gasteiger charge is 2.21. The van der Waals surface area contributed by atoms with Gasteiger partial charge in [-0.1, -0.05) is 18.7 Å². The van der Waals surface area contributed by atoms with Crippen molar-refractivity contribution in [1.29, 1.82) is 0 Å². The van der Waals surface area contributed by atoms with Gasteiger partial charge in [0.1, 0.15) is 11.6 Å². The first-order valence-electron chi connectivity index (χ1n) is 8.50. The van der Waals surface area contributed by atoms with E-state index in [0.29, 0.717) is 28.7 Å². The molecule has 28 heavy (non-hydrogen) atoms. The van der Waals surface area contributed by atoms with Gasteiger partial charge in [0.25, 0.3) is 0 Å². The van der Waals surface area contributed by atoms with Crippen LogP contribution in [0.15, 0.2) is 36.9 Å². The molecule has 7 heteroatoms. The van der Waals surface area contributed by atoms with Crippen molar-refractivity contribution in [2.75, 3.05) is 26.1 Å². The third kappa shape index (κ3) is 5.01. The monoisotopic (exact) mass is 401 g/mol. The van der Waals surface area contributed by atoms with Crippen molar-refractivity contribution in [3.05, 3.63) is 58.5 Å². The minimum Gasteiger partial charge on any atom is -0.493 e. The van der Waals surface area contributed by atoms with E-state index in [0.717, 1.165) is 16.0 Å². The van der Waals surface area contributed by atoms with Gasteiger partial charge in [0.05, 0.1) is 19.8 Å². The van der Waals surface area contributed by atoms with E-state index in [1.165, 1.54) is 24.5 Å². The Kier molecular flexibility index (Phi) is 7.40. The third-order valence-corrected chi connectivity index (χ3v) is 5.11. The van der Waals surface area contributed by atoms with E-state index < -0.39 is 5.97 Å². The van der Waals surface area contributed by atoms with Crippen LogP contribution in [0.1, 0.15) is 26.4 Å². The van der Waals surface area contributed by atoms with E-state index in [2.05, 4.69) is 11.9 Å². The van der Waals surface area contributed by atoms with Crippen molar-refractivity contribution in [2.45, 2.75) is 13.8 Å². The van der Waals surface area contributed by atoms with Crippen LogP contribution in [0.2, 0.25) is 0 Å². The predicted molar refractivity (Wildman–Crippen MR) is 111 cm³/mol. The molecule has 1 aromatic carbocycles. The van der Waals surface area contributed by atoms with Gasteiger partial charge in [0.2, 0.25) is 5.91 Å². The second-order valence-corrected chi connectivity index (χ2v) is 7.04. The average Bonchev–Trinajstić information content (AvgIpc) is 2.97. The number of methoxy groups -OCH3 is 2. The molecule has 2 rings (SSSR count). The topological polar surface area (TPSA) is 73.9 Å². The normalized spacial score (nSPS) is 10.6. The zero-order chi connectivity index (χ0) is 20.7.